The van der Waals surface area contributed by atoms with Crippen molar-refractivity contribution in [1.82, 2.24) is 19.7 Å². The van der Waals surface area contributed by atoms with Gasteiger partial charge in [0.15, 0.2) is 0 Å². The lowest BCUT2D eigenvalue weighted by Crippen LogP contribution is -2.48. The molecule has 0 saturated carbocycles. The number of nitrogens with zero attached hydrogens (tertiary/aromatic N) is 5. The van der Waals surface area contributed by atoms with Crippen molar-refractivity contribution in [2.24, 2.45) is 5.92 Å². The van der Waals surface area contributed by atoms with Gasteiger partial charge < -0.3 is 9.47 Å². The predicted molar refractivity (Wildman–Crippen MR) is 67.2 cm³/mol. The molecule has 0 amide bonds. The number of aryl methyl sites for hydroxylation is 1. The standard InChI is InChI=1S/C11H15N5S/c1-2-10-12-3-4-15(10)5-9-6-16(7-9)11-14-13-8-17-11/h3-4,8-9H,2,5-7H2,1H3. The van der Waals surface area contributed by atoms with Crippen LogP contribution in [-0.4, -0.2) is 32.8 Å². The zero-order valence-corrected chi connectivity index (χ0v) is 10.6. The van der Waals surface area contributed by atoms with Crippen LogP contribution in [0.4, 0.5) is 5.13 Å². The van der Waals surface area contributed by atoms with E-state index in [9.17, 15) is 0 Å². The summed E-state index contributed by atoms with van der Waals surface area (Å²) in [5.74, 6) is 1.89. The molecule has 0 unspecified atom stereocenters. The van der Waals surface area contributed by atoms with Gasteiger partial charge in [0.05, 0.1) is 0 Å². The average Bonchev–Trinajstić information content (AvgIpc) is 2.93. The molecule has 90 valence electrons. The quantitative estimate of drug-likeness (QED) is 0.822. The molecule has 0 aromatic carbocycles. The number of hydrogen-bond acceptors (Lipinski definition) is 5. The number of hydrogen-bond donors (Lipinski definition) is 0. The van der Waals surface area contributed by atoms with Crippen molar-refractivity contribution < 1.29 is 0 Å². The van der Waals surface area contributed by atoms with E-state index in [1.165, 1.54) is 5.82 Å². The Morgan fingerprint density at radius 1 is 1.47 bits per heavy atom. The average molecular weight is 249 g/mol. The molecule has 1 saturated heterocycles. The highest BCUT2D eigenvalue weighted by atomic mass is 32.1. The van der Waals surface area contributed by atoms with Gasteiger partial charge >= 0.3 is 0 Å². The van der Waals surface area contributed by atoms with Gasteiger partial charge in [0, 0.05) is 44.4 Å². The molecule has 5 nitrogen and oxygen atoms in total. The molecule has 1 fully saturated rings. The van der Waals surface area contributed by atoms with E-state index in [2.05, 4.69) is 37.8 Å². The fourth-order valence-corrected chi connectivity index (χ4v) is 2.83. The fourth-order valence-electron chi connectivity index (χ4n) is 2.25. The molecule has 1 aliphatic heterocycles. The first kappa shape index (κ1) is 10.7. The molecule has 0 bridgehead atoms. The van der Waals surface area contributed by atoms with E-state index in [0.29, 0.717) is 5.92 Å². The number of imidazole rings is 1. The monoisotopic (exact) mass is 249 g/mol. The molecule has 2 aromatic heterocycles. The molecule has 1 aliphatic rings. The van der Waals surface area contributed by atoms with Gasteiger partial charge in [-0.1, -0.05) is 18.3 Å². The van der Waals surface area contributed by atoms with E-state index in [1.54, 1.807) is 16.8 Å². The highest BCUT2D eigenvalue weighted by Crippen LogP contribution is 2.26. The van der Waals surface area contributed by atoms with Crippen LogP contribution < -0.4 is 4.90 Å². The molecular formula is C11H15N5S. The Balaban J connectivity index is 1.56. The van der Waals surface area contributed by atoms with Crippen LogP contribution in [0.5, 0.6) is 0 Å². The van der Waals surface area contributed by atoms with Crippen LogP contribution in [0.15, 0.2) is 17.9 Å². The van der Waals surface area contributed by atoms with Gasteiger partial charge in [-0.05, 0) is 0 Å². The zero-order chi connectivity index (χ0) is 11.7. The highest BCUT2D eigenvalue weighted by molar-refractivity contribution is 7.13. The molecule has 3 heterocycles. The molecule has 0 spiro atoms. The maximum atomic E-state index is 4.34. The molecule has 0 aliphatic carbocycles. The molecule has 0 N–H and O–H groups in total. The topological polar surface area (TPSA) is 46.8 Å². The van der Waals surface area contributed by atoms with Crippen molar-refractivity contribution in [1.29, 1.82) is 0 Å². The molecule has 0 radical (unpaired) electrons. The van der Waals surface area contributed by atoms with Crippen molar-refractivity contribution in [3.63, 3.8) is 0 Å². The largest absolute Gasteiger partial charge is 0.346 e. The van der Waals surface area contributed by atoms with Gasteiger partial charge in [-0.3, -0.25) is 0 Å². The first-order valence-corrected chi connectivity index (χ1v) is 6.76. The van der Waals surface area contributed by atoms with Crippen molar-refractivity contribution in [2.45, 2.75) is 19.9 Å². The molecule has 2 aromatic rings. The van der Waals surface area contributed by atoms with Crippen LogP contribution in [-0.2, 0) is 13.0 Å². The fraction of sp³-hybridized carbons (Fsp3) is 0.545. The second-order valence-corrected chi connectivity index (χ2v) is 5.15. The van der Waals surface area contributed by atoms with Crippen molar-refractivity contribution in [3.05, 3.63) is 23.7 Å². The molecule has 0 atom stereocenters. The minimum Gasteiger partial charge on any atom is -0.346 e. The zero-order valence-electron chi connectivity index (χ0n) is 9.78. The van der Waals surface area contributed by atoms with Gasteiger partial charge in [-0.25, -0.2) is 4.98 Å². The Hall–Kier alpha value is -1.43. The summed E-state index contributed by atoms with van der Waals surface area (Å²) in [5, 5.41) is 8.99. The van der Waals surface area contributed by atoms with Crippen molar-refractivity contribution in [3.8, 4) is 0 Å². The number of rotatable bonds is 4. The second-order valence-electron chi connectivity index (χ2n) is 4.34. The Bertz CT molecular complexity index is 472. The van der Waals surface area contributed by atoms with Crippen molar-refractivity contribution >= 4 is 16.5 Å². The van der Waals surface area contributed by atoms with Gasteiger partial charge in [0.25, 0.3) is 0 Å². The van der Waals surface area contributed by atoms with E-state index in [1.807, 2.05) is 6.20 Å². The SMILES string of the molecule is CCc1nccn1CC1CN(c2nncs2)C1. The normalized spacial score (nSPS) is 16.2. The molecule has 3 rings (SSSR count). The second kappa shape index (κ2) is 4.44. The first-order chi connectivity index (χ1) is 8.36. The summed E-state index contributed by atoms with van der Waals surface area (Å²) in [6.45, 7) is 5.37. The summed E-state index contributed by atoms with van der Waals surface area (Å²) in [6, 6.07) is 0. The Morgan fingerprint density at radius 3 is 3.06 bits per heavy atom. The van der Waals surface area contributed by atoms with Gasteiger partial charge in [0.1, 0.15) is 11.3 Å². The molecule has 6 heteroatoms. The van der Waals surface area contributed by atoms with Crippen LogP contribution in [0, 0.1) is 5.92 Å². The number of aromatic nitrogens is 4. The Labute approximate surface area is 104 Å². The predicted octanol–water partition coefficient (Wildman–Crippen LogP) is 1.43. The van der Waals surface area contributed by atoms with Crippen LogP contribution in [0.25, 0.3) is 0 Å². The van der Waals surface area contributed by atoms with Gasteiger partial charge in [-0.2, -0.15) is 0 Å². The summed E-state index contributed by atoms with van der Waals surface area (Å²) in [5.41, 5.74) is 1.79. The van der Waals surface area contributed by atoms with Crippen LogP contribution in [0.1, 0.15) is 12.7 Å². The summed E-state index contributed by atoms with van der Waals surface area (Å²) >= 11 is 1.61. The minimum absolute atomic E-state index is 0.707. The van der Waals surface area contributed by atoms with Crippen LogP contribution >= 0.6 is 11.3 Å². The van der Waals surface area contributed by atoms with Gasteiger partial charge in [-0.15, -0.1) is 10.2 Å². The maximum absolute atomic E-state index is 4.34. The maximum Gasteiger partial charge on any atom is 0.208 e. The Kier molecular flexibility index (Phi) is 2.80. The molecular weight excluding hydrogens is 234 g/mol. The van der Waals surface area contributed by atoms with Crippen molar-refractivity contribution in [2.75, 3.05) is 18.0 Å². The highest BCUT2D eigenvalue weighted by Gasteiger charge is 2.29. The summed E-state index contributed by atoms with van der Waals surface area (Å²) < 4.78 is 2.27. The minimum atomic E-state index is 0.707. The summed E-state index contributed by atoms with van der Waals surface area (Å²) in [7, 11) is 0. The van der Waals surface area contributed by atoms with E-state index >= 15 is 0 Å². The Morgan fingerprint density at radius 2 is 2.35 bits per heavy atom. The van der Waals surface area contributed by atoms with E-state index in [0.717, 1.165) is 31.2 Å². The third-order valence-electron chi connectivity index (χ3n) is 3.15. The van der Waals surface area contributed by atoms with Gasteiger partial charge in [0.2, 0.25) is 5.13 Å². The molecule has 17 heavy (non-hydrogen) atoms. The van der Waals surface area contributed by atoms with E-state index in [-0.39, 0.29) is 0 Å². The third-order valence-corrected chi connectivity index (χ3v) is 3.90. The van der Waals surface area contributed by atoms with Crippen LogP contribution in [0.2, 0.25) is 0 Å². The van der Waals surface area contributed by atoms with Crippen LogP contribution in [0.3, 0.4) is 0 Å². The summed E-state index contributed by atoms with van der Waals surface area (Å²) in [6.07, 6.45) is 4.96. The first-order valence-electron chi connectivity index (χ1n) is 5.88. The lowest BCUT2D eigenvalue weighted by molar-refractivity contribution is 0.352. The third kappa shape index (κ3) is 2.04. The number of anilines is 1. The lowest BCUT2D eigenvalue weighted by Gasteiger charge is -2.39. The summed E-state index contributed by atoms with van der Waals surface area (Å²) in [4.78, 5) is 6.63. The smallest absolute Gasteiger partial charge is 0.208 e. The lowest BCUT2D eigenvalue weighted by atomic mass is 10.0. The van der Waals surface area contributed by atoms with E-state index in [4.69, 9.17) is 0 Å². The van der Waals surface area contributed by atoms with E-state index < -0.39 is 0 Å².